The van der Waals surface area contributed by atoms with Crippen LogP contribution in [-0.4, -0.2) is 42.0 Å². The SMILES string of the molecule is CCOC1C=C(F)C=C[C@]1(Cc1nc(-c2ccc(OC(F)F)c(OCC3CC3)c2)oc1C(C)N)C(=O)O. The Bertz CT molecular complexity index is 1190. The van der Waals surface area contributed by atoms with Crippen molar-refractivity contribution in [1.29, 1.82) is 0 Å². The molecular formula is C26H29F3N2O6. The third-order valence-electron chi connectivity index (χ3n) is 6.28. The van der Waals surface area contributed by atoms with Gasteiger partial charge in [0.05, 0.1) is 24.4 Å². The maximum Gasteiger partial charge on any atom is 0.387 e. The van der Waals surface area contributed by atoms with Crippen molar-refractivity contribution in [3.63, 3.8) is 0 Å². The Morgan fingerprint density at radius 1 is 1.32 bits per heavy atom. The first-order chi connectivity index (χ1) is 17.6. The van der Waals surface area contributed by atoms with Gasteiger partial charge in [0, 0.05) is 18.6 Å². The van der Waals surface area contributed by atoms with Crippen LogP contribution in [0.1, 0.15) is 44.2 Å². The quantitative estimate of drug-likeness (QED) is 0.391. The number of benzene rings is 1. The number of hydrogen-bond donors (Lipinski definition) is 2. The molecule has 0 radical (unpaired) electrons. The van der Waals surface area contributed by atoms with Gasteiger partial charge in [-0.2, -0.15) is 8.78 Å². The van der Waals surface area contributed by atoms with Crippen molar-refractivity contribution in [2.24, 2.45) is 17.1 Å². The Labute approximate surface area is 211 Å². The fraction of sp³-hybridized carbons (Fsp3) is 0.462. The number of aromatic nitrogens is 1. The van der Waals surface area contributed by atoms with Crippen LogP contribution in [0.5, 0.6) is 11.5 Å². The second-order valence-electron chi connectivity index (χ2n) is 9.20. The highest BCUT2D eigenvalue weighted by molar-refractivity contribution is 5.79. The third kappa shape index (κ3) is 5.99. The van der Waals surface area contributed by atoms with Crippen molar-refractivity contribution in [3.05, 3.63) is 53.7 Å². The van der Waals surface area contributed by atoms with Gasteiger partial charge in [0.2, 0.25) is 5.89 Å². The van der Waals surface area contributed by atoms with Crippen LogP contribution < -0.4 is 15.2 Å². The first-order valence-electron chi connectivity index (χ1n) is 12.0. The minimum Gasteiger partial charge on any atom is -0.489 e. The summed E-state index contributed by atoms with van der Waals surface area (Å²) in [5.41, 5.74) is 5.11. The average molecular weight is 523 g/mol. The van der Waals surface area contributed by atoms with E-state index >= 15 is 0 Å². The van der Waals surface area contributed by atoms with Gasteiger partial charge >= 0.3 is 12.6 Å². The third-order valence-corrected chi connectivity index (χ3v) is 6.28. The summed E-state index contributed by atoms with van der Waals surface area (Å²) in [5.74, 6) is -1.14. The van der Waals surface area contributed by atoms with E-state index in [0.717, 1.165) is 25.0 Å². The molecule has 0 bridgehead atoms. The van der Waals surface area contributed by atoms with Gasteiger partial charge in [-0.3, -0.25) is 4.79 Å². The van der Waals surface area contributed by atoms with Gasteiger partial charge < -0.3 is 29.5 Å². The molecule has 1 aromatic heterocycles. The van der Waals surface area contributed by atoms with E-state index in [1.165, 1.54) is 24.3 Å². The maximum atomic E-state index is 14.0. The smallest absolute Gasteiger partial charge is 0.387 e. The summed E-state index contributed by atoms with van der Waals surface area (Å²) >= 11 is 0. The van der Waals surface area contributed by atoms with Gasteiger partial charge in [-0.05, 0) is 63.0 Å². The molecule has 11 heteroatoms. The Kier molecular flexibility index (Phi) is 7.93. The Morgan fingerprint density at radius 3 is 2.70 bits per heavy atom. The number of alkyl halides is 2. The molecule has 1 saturated carbocycles. The van der Waals surface area contributed by atoms with Crippen molar-refractivity contribution in [1.82, 2.24) is 4.98 Å². The predicted molar refractivity (Wildman–Crippen MR) is 127 cm³/mol. The van der Waals surface area contributed by atoms with E-state index in [1.807, 2.05) is 0 Å². The van der Waals surface area contributed by atoms with Gasteiger partial charge in [-0.1, -0.05) is 6.08 Å². The van der Waals surface area contributed by atoms with Crippen LogP contribution in [0, 0.1) is 11.3 Å². The molecular weight excluding hydrogens is 493 g/mol. The highest BCUT2D eigenvalue weighted by Crippen LogP contribution is 2.40. The molecule has 4 rings (SSSR count). The van der Waals surface area contributed by atoms with Crippen molar-refractivity contribution in [2.75, 3.05) is 13.2 Å². The van der Waals surface area contributed by atoms with Crippen molar-refractivity contribution in [3.8, 4) is 23.0 Å². The lowest BCUT2D eigenvalue weighted by Crippen LogP contribution is -2.45. The highest BCUT2D eigenvalue weighted by atomic mass is 19.3. The van der Waals surface area contributed by atoms with Crippen molar-refractivity contribution >= 4 is 5.97 Å². The number of carboxylic acid groups (broad SMARTS) is 1. The van der Waals surface area contributed by atoms with Gasteiger partial charge in [0.15, 0.2) is 11.5 Å². The van der Waals surface area contributed by atoms with Crippen LogP contribution in [0.3, 0.4) is 0 Å². The Hall–Kier alpha value is -3.31. The number of nitrogens with two attached hydrogens (primary N) is 1. The van der Waals surface area contributed by atoms with Crippen LogP contribution in [0.4, 0.5) is 13.2 Å². The molecule has 1 heterocycles. The lowest BCUT2D eigenvalue weighted by atomic mass is 9.74. The van der Waals surface area contributed by atoms with E-state index in [0.29, 0.717) is 18.1 Å². The second kappa shape index (κ2) is 11.0. The maximum absolute atomic E-state index is 14.0. The van der Waals surface area contributed by atoms with E-state index in [-0.39, 0.29) is 41.9 Å². The fourth-order valence-electron chi connectivity index (χ4n) is 4.16. The van der Waals surface area contributed by atoms with E-state index < -0.39 is 36.0 Å². The zero-order valence-corrected chi connectivity index (χ0v) is 20.5. The van der Waals surface area contributed by atoms with Gasteiger partial charge in [0.1, 0.15) is 17.0 Å². The number of rotatable bonds is 12. The van der Waals surface area contributed by atoms with E-state index in [9.17, 15) is 23.1 Å². The van der Waals surface area contributed by atoms with Crippen molar-refractivity contribution < 1.29 is 41.7 Å². The molecule has 0 spiro atoms. The summed E-state index contributed by atoms with van der Waals surface area (Å²) in [5, 5.41) is 10.2. The molecule has 0 amide bonds. The standard InChI is InChI=1S/C26H29F3N2O6/c1-3-34-21-11-17(27)8-9-26(21,24(32)33)12-18-22(14(2)30)37-23(31-18)16-6-7-19(36-25(28)29)20(10-16)35-13-15-4-5-15/h6-11,14-15,21,25H,3-5,12-13,30H2,1-2H3,(H,32,33)/t14?,21?,26-/m1/s1. The van der Waals surface area contributed by atoms with Crippen LogP contribution in [0.15, 0.2) is 46.7 Å². The number of ether oxygens (including phenoxy) is 3. The van der Waals surface area contributed by atoms with E-state index in [2.05, 4.69) is 9.72 Å². The van der Waals surface area contributed by atoms with Crippen LogP contribution in [-0.2, 0) is 16.0 Å². The first kappa shape index (κ1) is 26.7. The summed E-state index contributed by atoms with van der Waals surface area (Å²) in [6.45, 7) is 0.837. The lowest BCUT2D eigenvalue weighted by molar-refractivity contribution is -0.152. The Morgan fingerprint density at radius 2 is 2.08 bits per heavy atom. The number of allylic oxidation sites excluding steroid dienone is 2. The minimum absolute atomic E-state index is 0.0946. The van der Waals surface area contributed by atoms with Crippen LogP contribution >= 0.6 is 0 Å². The molecule has 8 nitrogen and oxygen atoms in total. The second-order valence-corrected chi connectivity index (χ2v) is 9.20. The largest absolute Gasteiger partial charge is 0.489 e. The van der Waals surface area contributed by atoms with Crippen LogP contribution in [0.25, 0.3) is 11.5 Å². The monoisotopic (exact) mass is 522 g/mol. The van der Waals surface area contributed by atoms with Gasteiger partial charge in [-0.15, -0.1) is 0 Å². The number of carbonyl (C=O) groups is 1. The number of hydrogen-bond acceptors (Lipinski definition) is 7. The molecule has 0 saturated heterocycles. The van der Waals surface area contributed by atoms with Crippen molar-refractivity contribution in [2.45, 2.75) is 51.9 Å². The molecule has 1 aromatic carbocycles. The summed E-state index contributed by atoms with van der Waals surface area (Å²) < 4.78 is 61.6. The van der Waals surface area contributed by atoms with E-state index in [1.54, 1.807) is 13.8 Å². The number of halogens is 3. The molecule has 2 aliphatic rings. The molecule has 3 N–H and O–H groups in total. The zero-order chi connectivity index (χ0) is 26.7. The van der Waals surface area contributed by atoms with Crippen LogP contribution in [0.2, 0.25) is 0 Å². The fourth-order valence-corrected chi connectivity index (χ4v) is 4.16. The predicted octanol–water partition coefficient (Wildman–Crippen LogP) is 5.19. The Balaban J connectivity index is 1.71. The van der Waals surface area contributed by atoms with E-state index in [4.69, 9.17) is 19.6 Å². The lowest BCUT2D eigenvalue weighted by Gasteiger charge is -2.34. The normalized spacial score (nSPS) is 22.1. The molecule has 3 atom stereocenters. The first-order valence-corrected chi connectivity index (χ1v) is 12.0. The number of nitrogens with zero attached hydrogens (tertiary/aromatic N) is 1. The number of oxazole rings is 1. The summed E-state index contributed by atoms with van der Waals surface area (Å²) in [6.07, 6.45) is 4.20. The molecule has 2 unspecified atom stereocenters. The molecule has 2 aromatic rings. The molecule has 37 heavy (non-hydrogen) atoms. The number of aliphatic carboxylic acids is 1. The van der Waals surface area contributed by atoms with Gasteiger partial charge in [-0.25, -0.2) is 9.37 Å². The summed E-state index contributed by atoms with van der Waals surface area (Å²) in [7, 11) is 0. The zero-order valence-electron chi connectivity index (χ0n) is 20.5. The highest BCUT2D eigenvalue weighted by Gasteiger charge is 2.47. The molecule has 2 aliphatic carbocycles. The molecule has 1 fully saturated rings. The molecule has 200 valence electrons. The topological polar surface area (TPSA) is 117 Å². The number of carboxylic acids is 1. The molecule has 0 aliphatic heterocycles. The minimum atomic E-state index is -3.03. The average Bonchev–Trinajstić information content (AvgIpc) is 3.57. The summed E-state index contributed by atoms with van der Waals surface area (Å²) in [4.78, 5) is 17.0. The summed E-state index contributed by atoms with van der Waals surface area (Å²) in [6, 6.07) is 3.64. The van der Waals surface area contributed by atoms with Gasteiger partial charge in [0.25, 0.3) is 0 Å².